The first-order valence-corrected chi connectivity index (χ1v) is 6.94. The van der Waals surface area contributed by atoms with Gasteiger partial charge in [-0.05, 0) is 29.8 Å². The second-order valence-electron chi connectivity index (χ2n) is 4.77. The van der Waals surface area contributed by atoms with Crippen molar-refractivity contribution in [3.05, 3.63) is 71.6 Å². The highest BCUT2D eigenvalue weighted by molar-refractivity contribution is 5.86. The number of fused-ring (bicyclic) bond motifs is 1. The number of nitriles is 1. The third kappa shape index (κ3) is 3.63. The molecule has 5 heteroatoms. The third-order valence-electron chi connectivity index (χ3n) is 3.14. The van der Waals surface area contributed by atoms with E-state index in [0.717, 1.165) is 11.1 Å². The molecule has 3 rings (SSSR count). The number of nitrogens with zero attached hydrogens (tertiary/aromatic N) is 2. The van der Waals surface area contributed by atoms with Crippen molar-refractivity contribution in [1.29, 1.82) is 5.26 Å². The molecule has 0 fully saturated rings. The quantitative estimate of drug-likeness (QED) is 0.545. The average molecular weight is 304 g/mol. The van der Waals surface area contributed by atoms with Gasteiger partial charge in [0.2, 0.25) is 5.89 Å². The number of benzene rings is 2. The molecule has 0 bridgehead atoms. The number of carbonyl (C=O) groups is 1. The van der Waals surface area contributed by atoms with E-state index in [1.807, 2.05) is 30.3 Å². The average Bonchev–Trinajstić information content (AvgIpc) is 3.01. The summed E-state index contributed by atoms with van der Waals surface area (Å²) < 4.78 is 10.6. The summed E-state index contributed by atoms with van der Waals surface area (Å²) in [6, 6.07) is 16.2. The van der Waals surface area contributed by atoms with E-state index in [0.29, 0.717) is 17.0 Å². The molecule has 0 radical (unpaired) electrons. The molecule has 0 aliphatic heterocycles. The Kier molecular flexibility index (Phi) is 4.16. The zero-order valence-corrected chi connectivity index (χ0v) is 12.1. The van der Waals surface area contributed by atoms with Crippen LogP contribution >= 0.6 is 0 Å². The minimum Gasteiger partial charge on any atom is -0.458 e. The first kappa shape index (κ1) is 14.5. The summed E-state index contributed by atoms with van der Waals surface area (Å²) >= 11 is 0. The Hall–Kier alpha value is -3.39. The summed E-state index contributed by atoms with van der Waals surface area (Å²) in [6.07, 6.45) is 2.75. The van der Waals surface area contributed by atoms with Gasteiger partial charge in [-0.15, -0.1) is 0 Å². The Bertz CT molecular complexity index is 869. The Labute approximate surface area is 132 Å². The van der Waals surface area contributed by atoms with Gasteiger partial charge in [-0.3, -0.25) is 0 Å². The highest BCUT2D eigenvalue weighted by atomic mass is 16.5. The van der Waals surface area contributed by atoms with Gasteiger partial charge in [-0.25, -0.2) is 9.78 Å². The normalized spacial score (nSPS) is 10.7. The van der Waals surface area contributed by atoms with E-state index < -0.39 is 5.97 Å². The predicted molar refractivity (Wildman–Crippen MR) is 84.0 cm³/mol. The molecule has 1 heterocycles. The molecule has 0 aliphatic rings. The molecule has 23 heavy (non-hydrogen) atoms. The van der Waals surface area contributed by atoms with Crippen molar-refractivity contribution < 1.29 is 13.9 Å². The summed E-state index contributed by atoms with van der Waals surface area (Å²) in [5.41, 5.74) is 2.78. The highest BCUT2D eigenvalue weighted by Gasteiger charge is 2.03. The molecule has 2 aromatic carbocycles. The summed E-state index contributed by atoms with van der Waals surface area (Å²) in [7, 11) is 0. The molecule has 0 amide bonds. The lowest BCUT2D eigenvalue weighted by Crippen LogP contribution is -2.00. The van der Waals surface area contributed by atoms with Gasteiger partial charge >= 0.3 is 5.97 Å². The lowest BCUT2D eigenvalue weighted by Gasteiger charge is -2.01. The molecule has 0 saturated heterocycles. The van der Waals surface area contributed by atoms with E-state index in [1.165, 1.54) is 12.2 Å². The molecule has 5 nitrogen and oxygen atoms in total. The van der Waals surface area contributed by atoms with Crippen LogP contribution in [-0.4, -0.2) is 11.0 Å². The van der Waals surface area contributed by atoms with E-state index in [4.69, 9.17) is 14.4 Å². The minimum atomic E-state index is -0.489. The fourth-order valence-corrected chi connectivity index (χ4v) is 1.98. The van der Waals surface area contributed by atoms with Crippen LogP contribution in [0.1, 0.15) is 17.0 Å². The molecule has 0 spiro atoms. The second kappa shape index (κ2) is 6.58. The van der Waals surface area contributed by atoms with E-state index in [2.05, 4.69) is 4.98 Å². The number of rotatable bonds is 4. The van der Waals surface area contributed by atoms with Crippen LogP contribution in [-0.2, 0) is 16.1 Å². The number of hydrogen-bond donors (Lipinski definition) is 0. The Morgan fingerprint density at radius 3 is 2.74 bits per heavy atom. The summed E-state index contributed by atoms with van der Waals surface area (Å²) in [4.78, 5) is 15.9. The van der Waals surface area contributed by atoms with E-state index in [9.17, 15) is 4.79 Å². The highest BCUT2D eigenvalue weighted by Crippen LogP contribution is 2.15. The zero-order chi connectivity index (χ0) is 16.1. The molecule has 112 valence electrons. The van der Waals surface area contributed by atoms with Crippen LogP contribution in [0.5, 0.6) is 0 Å². The van der Waals surface area contributed by atoms with Crippen molar-refractivity contribution in [2.45, 2.75) is 6.61 Å². The maximum absolute atomic E-state index is 11.7. The number of oxazole rings is 1. The van der Waals surface area contributed by atoms with Gasteiger partial charge in [0.05, 0.1) is 11.6 Å². The smallest absolute Gasteiger partial charge is 0.331 e. The topological polar surface area (TPSA) is 76.1 Å². The summed E-state index contributed by atoms with van der Waals surface area (Å²) in [5, 5.41) is 8.72. The number of hydrogen-bond acceptors (Lipinski definition) is 5. The summed E-state index contributed by atoms with van der Waals surface area (Å²) in [6.45, 7) is 0.141. The van der Waals surface area contributed by atoms with Crippen molar-refractivity contribution >= 4 is 23.1 Å². The van der Waals surface area contributed by atoms with Gasteiger partial charge in [-0.2, -0.15) is 5.26 Å². The van der Waals surface area contributed by atoms with E-state index in [1.54, 1.807) is 24.3 Å². The van der Waals surface area contributed by atoms with Crippen molar-refractivity contribution in [3.63, 3.8) is 0 Å². The van der Waals surface area contributed by atoms with Crippen LogP contribution < -0.4 is 0 Å². The predicted octanol–water partition coefficient (Wildman–Crippen LogP) is 3.46. The summed E-state index contributed by atoms with van der Waals surface area (Å²) in [5.74, 6) is -0.141. The number of para-hydroxylation sites is 2. The van der Waals surface area contributed by atoms with Gasteiger partial charge in [0, 0.05) is 12.2 Å². The molecular weight excluding hydrogens is 292 g/mol. The van der Waals surface area contributed by atoms with Crippen LogP contribution in [0.4, 0.5) is 0 Å². The van der Waals surface area contributed by atoms with Gasteiger partial charge in [0.1, 0.15) is 12.1 Å². The number of carbonyl (C=O) groups excluding carboxylic acids is 1. The van der Waals surface area contributed by atoms with Gasteiger partial charge in [0.15, 0.2) is 5.58 Å². The first-order chi connectivity index (χ1) is 11.2. The first-order valence-electron chi connectivity index (χ1n) is 6.94. The van der Waals surface area contributed by atoms with Crippen LogP contribution in [0, 0.1) is 11.3 Å². The van der Waals surface area contributed by atoms with Crippen molar-refractivity contribution in [1.82, 2.24) is 4.98 Å². The monoisotopic (exact) mass is 304 g/mol. The largest absolute Gasteiger partial charge is 0.458 e. The molecule has 0 atom stereocenters. The van der Waals surface area contributed by atoms with Gasteiger partial charge in [0.25, 0.3) is 0 Å². The van der Waals surface area contributed by atoms with Crippen molar-refractivity contribution in [3.8, 4) is 6.07 Å². The Morgan fingerprint density at radius 1 is 1.22 bits per heavy atom. The van der Waals surface area contributed by atoms with Gasteiger partial charge < -0.3 is 9.15 Å². The van der Waals surface area contributed by atoms with Crippen molar-refractivity contribution in [2.75, 3.05) is 0 Å². The molecule has 1 aromatic heterocycles. The van der Waals surface area contributed by atoms with Crippen LogP contribution in [0.3, 0.4) is 0 Å². The lowest BCUT2D eigenvalue weighted by molar-refractivity contribution is -0.138. The molecule has 0 aliphatic carbocycles. The SMILES string of the molecule is N#Cc1ccc(COC(=O)/C=C/c2nc3ccccc3o2)cc1. The standard InChI is InChI=1S/C18H12N2O3/c19-11-13-5-7-14(8-6-13)12-22-18(21)10-9-17-20-15-3-1-2-4-16(15)23-17/h1-10H,12H2/b10-9+. The van der Waals surface area contributed by atoms with Crippen LogP contribution in [0.15, 0.2) is 59.0 Å². The molecule has 3 aromatic rings. The Balaban J connectivity index is 1.59. The fourth-order valence-electron chi connectivity index (χ4n) is 1.98. The minimum absolute atomic E-state index is 0.141. The molecule has 0 N–H and O–H groups in total. The maximum atomic E-state index is 11.7. The van der Waals surface area contributed by atoms with Crippen LogP contribution in [0.25, 0.3) is 17.2 Å². The number of aromatic nitrogens is 1. The Morgan fingerprint density at radius 2 is 2.00 bits per heavy atom. The number of esters is 1. The van der Waals surface area contributed by atoms with Crippen molar-refractivity contribution in [2.24, 2.45) is 0 Å². The fraction of sp³-hybridized carbons (Fsp3) is 0.0556. The van der Waals surface area contributed by atoms with E-state index >= 15 is 0 Å². The molecular formula is C18H12N2O3. The van der Waals surface area contributed by atoms with Crippen LogP contribution in [0.2, 0.25) is 0 Å². The molecule has 0 saturated carbocycles. The lowest BCUT2D eigenvalue weighted by atomic mass is 10.2. The third-order valence-corrected chi connectivity index (χ3v) is 3.14. The van der Waals surface area contributed by atoms with E-state index in [-0.39, 0.29) is 6.61 Å². The second-order valence-corrected chi connectivity index (χ2v) is 4.77. The zero-order valence-electron chi connectivity index (χ0n) is 12.1. The van der Waals surface area contributed by atoms with Gasteiger partial charge in [-0.1, -0.05) is 24.3 Å². The maximum Gasteiger partial charge on any atom is 0.331 e. The number of ether oxygens (including phenoxy) is 1. The molecule has 0 unspecified atom stereocenters.